The number of hydrogen-bond acceptors (Lipinski definition) is 1. The summed E-state index contributed by atoms with van der Waals surface area (Å²) in [6.45, 7) is 8.47. The van der Waals surface area contributed by atoms with E-state index in [4.69, 9.17) is 28.9 Å². The third-order valence-corrected chi connectivity index (χ3v) is 4.78. The number of nitrogens with two attached hydrogens (primary N) is 1. The van der Waals surface area contributed by atoms with E-state index in [9.17, 15) is 0 Å². The molecule has 0 bridgehead atoms. The summed E-state index contributed by atoms with van der Waals surface area (Å²) >= 11 is 12.1. The molecule has 0 aromatic heterocycles. The van der Waals surface area contributed by atoms with E-state index in [1.807, 2.05) is 12.1 Å². The van der Waals surface area contributed by atoms with Crippen LogP contribution in [-0.2, 0) is 0 Å². The Morgan fingerprint density at radius 2 is 1.40 bits per heavy atom. The molecule has 106 valence electrons. The zero-order chi connectivity index (χ0) is 15.0. The van der Waals surface area contributed by atoms with Gasteiger partial charge in [-0.2, -0.15) is 0 Å². The van der Waals surface area contributed by atoms with E-state index in [2.05, 4.69) is 33.8 Å². The van der Waals surface area contributed by atoms with E-state index in [0.29, 0.717) is 10.0 Å². The third-order valence-electron chi connectivity index (χ3n) is 4.04. The van der Waals surface area contributed by atoms with Crippen LogP contribution in [0.5, 0.6) is 0 Å². The molecular weight excluding hydrogens is 289 g/mol. The second-order valence-electron chi connectivity index (χ2n) is 5.33. The van der Waals surface area contributed by atoms with Gasteiger partial charge in [-0.15, -0.1) is 0 Å². The van der Waals surface area contributed by atoms with Crippen LogP contribution >= 0.6 is 23.2 Å². The molecule has 0 fully saturated rings. The SMILES string of the molecule is Cc1cc(C)c(C)c(C(N)c2ccc(Cl)c(Cl)c2)c1C. The first-order chi connectivity index (χ1) is 9.32. The number of halogens is 2. The molecule has 1 atom stereocenters. The van der Waals surface area contributed by atoms with Crippen molar-refractivity contribution >= 4 is 23.2 Å². The predicted molar refractivity (Wildman–Crippen MR) is 87.9 cm³/mol. The summed E-state index contributed by atoms with van der Waals surface area (Å²) < 4.78 is 0. The summed E-state index contributed by atoms with van der Waals surface area (Å²) in [6, 6.07) is 7.60. The highest BCUT2D eigenvalue weighted by Crippen LogP contribution is 2.32. The van der Waals surface area contributed by atoms with Gasteiger partial charge in [0.15, 0.2) is 0 Å². The van der Waals surface area contributed by atoms with Crippen LogP contribution in [0.1, 0.15) is 39.4 Å². The molecule has 0 amide bonds. The fourth-order valence-corrected chi connectivity index (χ4v) is 2.89. The van der Waals surface area contributed by atoms with Gasteiger partial charge in [0, 0.05) is 0 Å². The zero-order valence-electron chi connectivity index (χ0n) is 12.2. The maximum absolute atomic E-state index is 6.47. The largest absolute Gasteiger partial charge is 0.320 e. The normalized spacial score (nSPS) is 12.6. The first kappa shape index (κ1) is 15.4. The van der Waals surface area contributed by atoms with Crippen LogP contribution in [0, 0.1) is 27.7 Å². The zero-order valence-corrected chi connectivity index (χ0v) is 13.7. The van der Waals surface area contributed by atoms with E-state index in [1.54, 1.807) is 6.07 Å². The van der Waals surface area contributed by atoms with Crippen molar-refractivity contribution in [3.05, 3.63) is 67.7 Å². The molecule has 2 N–H and O–H groups in total. The van der Waals surface area contributed by atoms with Gasteiger partial charge in [-0.1, -0.05) is 35.3 Å². The highest BCUT2D eigenvalue weighted by molar-refractivity contribution is 6.42. The van der Waals surface area contributed by atoms with Gasteiger partial charge in [0.25, 0.3) is 0 Å². The quantitative estimate of drug-likeness (QED) is 0.803. The van der Waals surface area contributed by atoms with Gasteiger partial charge in [-0.3, -0.25) is 0 Å². The molecule has 2 aromatic rings. The van der Waals surface area contributed by atoms with Crippen molar-refractivity contribution in [3.8, 4) is 0 Å². The van der Waals surface area contributed by atoms with Crippen molar-refractivity contribution in [2.45, 2.75) is 33.7 Å². The fourth-order valence-electron chi connectivity index (χ4n) is 2.59. The molecule has 2 rings (SSSR count). The monoisotopic (exact) mass is 307 g/mol. The summed E-state index contributed by atoms with van der Waals surface area (Å²) in [7, 11) is 0. The number of hydrogen-bond donors (Lipinski definition) is 1. The number of rotatable bonds is 2. The first-order valence-corrected chi connectivity index (χ1v) is 7.36. The van der Waals surface area contributed by atoms with Gasteiger partial charge in [-0.05, 0) is 73.2 Å². The molecule has 0 saturated heterocycles. The number of benzene rings is 2. The highest BCUT2D eigenvalue weighted by atomic mass is 35.5. The Labute approximate surface area is 130 Å². The Hall–Kier alpha value is -1.02. The van der Waals surface area contributed by atoms with Crippen LogP contribution in [0.2, 0.25) is 10.0 Å². The van der Waals surface area contributed by atoms with Gasteiger partial charge in [0.1, 0.15) is 0 Å². The molecule has 0 radical (unpaired) electrons. The lowest BCUT2D eigenvalue weighted by molar-refractivity contribution is 0.845. The maximum Gasteiger partial charge on any atom is 0.0595 e. The molecule has 0 saturated carbocycles. The molecule has 1 nitrogen and oxygen atoms in total. The van der Waals surface area contributed by atoms with Crippen molar-refractivity contribution in [2.75, 3.05) is 0 Å². The average molecular weight is 308 g/mol. The van der Waals surface area contributed by atoms with Gasteiger partial charge in [0.05, 0.1) is 16.1 Å². The van der Waals surface area contributed by atoms with Crippen LogP contribution in [0.15, 0.2) is 24.3 Å². The number of aryl methyl sites for hydroxylation is 2. The molecular formula is C17H19Cl2N. The molecule has 3 heteroatoms. The lowest BCUT2D eigenvalue weighted by Crippen LogP contribution is -2.16. The van der Waals surface area contributed by atoms with Crippen LogP contribution in [0.4, 0.5) is 0 Å². The summed E-state index contributed by atoms with van der Waals surface area (Å²) in [6.07, 6.45) is 0. The van der Waals surface area contributed by atoms with E-state index in [0.717, 1.165) is 5.56 Å². The van der Waals surface area contributed by atoms with Crippen molar-refractivity contribution < 1.29 is 0 Å². The van der Waals surface area contributed by atoms with Crippen LogP contribution in [0.25, 0.3) is 0 Å². The lowest BCUT2D eigenvalue weighted by Gasteiger charge is -2.21. The lowest BCUT2D eigenvalue weighted by atomic mass is 9.87. The molecule has 0 aliphatic heterocycles. The molecule has 2 aromatic carbocycles. The van der Waals surface area contributed by atoms with Gasteiger partial charge < -0.3 is 5.73 Å². The Morgan fingerprint density at radius 1 is 0.850 bits per heavy atom. The Balaban J connectivity index is 2.58. The van der Waals surface area contributed by atoms with Gasteiger partial charge in [-0.25, -0.2) is 0 Å². The van der Waals surface area contributed by atoms with E-state index >= 15 is 0 Å². The highest BCUT2D eigenvalue weighted by Gasteiger charge is 2.17. The van der Waals surface area contributed by atoms with Crippen LogP contribution in [-0.4, -0.2) is 0 Å². The Morgan fingerprint density at radius 3 is 1.90 bits per heavy atom. The molecule has 0 heterocycles. The minimum atomic E-state index is -0.191. The minimum Gasteiger partial charge on any atom is -0.320 e. The van der Waals surface area contributed by atoms with Crippen LogP contribution < -0.4 is 5.73 Å². The van der Waals surface area contributed by atoms with Gasteiger partial charge in [0.2, 0.25) is 0 Å². The molecule has 1 unspecified atom stereocenters. The van der Waals surface area contributed by atoms with Crippen LogP contribution in [0.3, 0.4) is 0 Å². The average Bonchev–Trinajstić information content (AvgIpc) is 2.40. The van der Waals surface area contributed by atoms with Crippen molar-refractivity contribution in [3.63, 3.8) is 0 Å². The smallest absolute Gasteiger partial charge is 0.0595 e. The van der Waals surface area contributed by atoms with E-state index in [-0.39, 0.29) is 6.04 Å². The third kappa shape index (κ3) is 2.71. The fraction of sp³-hybridized carbons (Fsp3) is 0.294. The second kappa shape index (κ2) is 5.77. The van der Waals surface area contributed by atoms with Crippen molar-refractivity contribution in [1.82, 2.24) is 0 Å². The summed E-state index contributed by atoms with van der Waals surface area (Å²) in [5.74, 6) is 0. The standard InChI is InChI=1S/C17H19Cl2N/c1-9-7-10(2)12(4)16(11(9)3)17(20)13-5-6-14(18)15(19)8-13/h5-8,17H,20H2,1-4H3. The van der Waals surface area contributed by atoms with Gasteiger partial charge >= 0.3 is 0 Å². The maximum atomic E-state index is 6.47. The van der Waals surface area contributed by atoms with Crippen molar-refractivity contribution in [2.24, 2.45) is 5.73 Å². The minimum absolute atomic E-state index is 0.191. The predicted octanol–water partition coefficient (Wildman–Crippen LogP) is 5.28. The topological polar surface area (TPSA) is 26.0 Å². The molecule has 0 spiro atoms. The van der Waals surface area contributed by atoms with E-state index < -0.39 is 0 Å². The van der Waals surface area contributed by atoms with E-state index in [1.165, 1.54) is 27.8 Å². The first-order valence-electron chi connectivity index (χ1n) is 6.60. The molecule has 20 heavy (non-hydrogen) atoms. The summed E-state index contributed by atoms with van der Waals surface area (Å²) in [4.78, 5) is 0. The summed E-state index contributed by atoms with van der Waals surface area (Å²) in [5.41, 5.74) is 13.6. The second-order valence-corrected chi connectivity index (χ2v) is 6.14. The van der Waals surface area contributed by atoms with Crippen molar-refractivity contribution in [1.29, 1.82) is 0 Å². The molecule has 0 aliphatic rings. The molecule has 0 aliphatic carbocycles. The Bertz CT molecular complexity index is 636. The summed E-state index contributed by atoms with van der Waals surface area (Å²) in [5, 5.41) is 1.09. The Kier molecular flexibility index (Phi) is 4.43.